The van der Waals surface area contributed by atoms with Gasteiger partial charge in [0.15, 0.2) is 0 Å². The van der Waals surface area contributed by atoms with Crippen LogP contribution in [0.5, 0.6) is 0 Å². The minimum atomic E-state index is -0.548. The van der Waals surface area contributed by atoms with Crippen LogP contribution in [-0.2, 0) is 11.3 Å². The standard InChI is InChI=1S/C13H23NO4/c1-2-11(5-6-15)14-8-12(16)9-17-10-13-4-3-7-18-13/h3-4,7,11-12,14-16H,2,5-6,8-10H2,1H3. The van der Waals surface area contributed by atoms with Gasteiger partial charge in [0.05, 0.1) is 19.0 Å². The fraction of sp³-hybridized carbons (Fsp3) is 0.692. The monoisotopic (exact) mass is 257 g/mol. The van der Waals surface area contributed by atoms with E-state index in [1.54, 1.807) is 12.3 Å². The van der Waals surface area contributed by atoms with Crippen molar-refractivity contribution >= 4 is 0 Å². The van der Waals surface area contributed by atoms with Gasteiger partial charge in [-0.2, -0.15) is 0 Å². The predicted octanol–water partition coefficient (Wildman–Crippen LogP) is 0.908. The Morgan fingerprint density at radius 2 is 2.33 bits per heavy atom. The van der Waals surface area contributed by atoms with Gasteiger partial charge in [0.2, 0.25) is 0 Å². The first-order valence-corrected chi connectivity index (χ1v) is 6.38. The maximum Gasteiger partial charge on any atom is 0.129 e. The number of rotatable bonds is 10. The van der Waals surface area contributed by atoms with E-state index in [0.29, 0.717) is 19.6 Å². The zero-order valence-corrected chi connectivity index (χ0v) is 10.8. The molecule has 0 aromatic carbocycles. The van der Waals surface area contributed by atoms with Crippen LogP contribution in [0.1, 0.15) is 25.5 Å². The van der Waals surface area contributed by atoms with Crippen molar-refractivity contribution in [1.82, 2.24) is 5.32 Å². The Hall–Kier alpha value is -0.880. The molecular formula is C13H23NO4. The molecule has 5 heteroatoms. The summed E-state index contributed by atoms with van der Waals surface area (Å²) in [6, 6.07) is 3.88. The molecule has 3 N–H and O–H groups in total. The Balaban J connectivity index is 2.07. The second kappa shape index (κ2) is 9.10. The van der Waals surface area contributed by atoms with Crippen LogP contribution >= 0.6 is 0 Å². The summed E-state index contributed by atoms with van der Waals surface area (Å²) >= 11 is 0. The highest BCUT2D eigenvalue weighted by molar-refractivity contribution is 4.96. The fourth-order valence-electron chi connectivity index (χ4n) is 1.66. The van der Waals surface area contributed by atoms with Gasteiger partial charge in [-0.1, -0.05) is 6.92 Å². The first-order valence-electron chi connectivity index (χ1n) is 6.38. The Labute approximate surface area is 108 Å². The molecule has 0 spiro atoms. The van der Waals surface area contributed by atoms with E-state index in [9.17, 15) is 5.11 Å². The number of ether oxygens (including phenoxy) is 1. The number of nitrogens with one attached hydrogen (secondary N) is 1. The van der Waals surface area contributed by atoms with Gasteiger partial charge in [-0.25, -0.2) is 0 Å². The van der Waals surface area contributed by atoms with Crippen LogP contribution in [0.2, 0.25) is 0 Å². The van der Waals surface area contributed by atoms with Gasteiger partial charge < -0.3 is 24.7 Å². The second-order valence-electron chi connectivity index (χ2n) is 4.27. The van der Waals surface area contributed by atoms with Gasteiger partial charge in [-0.3, -0.25) is 0 Å². The summed E-state index contributed by atoms with van der Waals surface area (Å²) < 4.78 is 10.4. The van der Waals surface area contributed by atoms with E-state index in [1.165, 1.54) is 0 Å². The Morgan fingerprint density at radius 1 is 1.50 bits per heavy atom. The van der Waals surface area contributed by atoms with Crippen molar-refractivity contribution in [1.29, 1.82) is 0 Å². The summed E-state index contributed by atoms with van der Waals surface area (Å²) in [4.78, 5) is 0. The first-order chi connectivity index (χ1) is 8.76. The SMILES string of the molecule is CCC(CCO)NCC(O)COCc1ccco1. The molecule has 1 aromatic rings. The van der Waals surface area contributed by atoms with Crippen LogP contribution in [0.3, 0.4) is 0 Å². The van der Waals surface area contributed by atoms with Crippen molar-refractivity contribution in [3.63, 3.8) is 0 Å². The summed E-state index contributed by atoms with van der Waals surface area (Å²) in [6.07, 6.45) is 2.68. The van der Waals surface area contributed by atoms with E-state index in [4.69, 9.17) is 14.3 Å². The van der Waals surface area contributed by atoms with E-state index in [1.807, 2.05) is 13.0 Å². The second-order valence-corrected chi connectivity index (χ2v) is 4.27. The predicted molar refractivity (Wildman–Crippen MR) is 68.2 cm³/mol. The first kappa shape index (κ1) is 15.2. The third kappa shape index (κ3) is 6.16. The highest BCUT2D eigenvalue weighted by atomic mass is 16.5. The minimum absolute atomic E-state index is 0.163. The number of furan rings is 1. The molecule has 0 amide bonds. The summed E-state index contributed by atoms with van der Waals surface area (Å²) in [5.41, 5.74) is 0. The number of hydrogen-bond acceptors (Lipinski definition) is 5. The van der Waals surface area contributed by atoms with Crippen molar-refractivity contribution in [2.45, 2.75) is 38.5 Å². The quantitative estimate of drug-likeness (QED) is 0.581. The van der Waals surface area contributed by atoms with Gasteiger partial charge in [-0.15, -0.1) is 0 Å². The molecule has 18 heavy (non-hydrogen) atoms. The van der Waals surface area contributed by atoms with Crippen molar-refractivity contribution in [3.05, 3.63) is 24.2 Å². The van der Waals surface area contributed by atoms with E-state index >= 15 is 0 Å². The molecule has 104 valence electrons. The third-order valence-electron chi connectivity index (χ3n) is 2.75. The molecule has 0 radical (unpaired) electrons. The maximum absolute atomic E-state index is 9.71. The molecule has 0 bridgehead atoms. The summed E-state index contributed by atoms with van der Waals surface area (Å²) in [5, 5.41) is 21.8. The van der Waals surface area contributed by atoms with Crippen molar-refractivity contribution in [2.75, 3.05) is 19.8 Å². The average Bonchev–Trinajstić information content (AvgIpc) is 2.87. The minimum Gasteiger partial charge on any atom is -0.467 e. The number of hydrogen-bond donors (Lipinski definition) is 3. The van der Waals surface area contributed by atoms with Gasteiger partial charge >= 0.3 is 0 Å². The van der Waals surface area contributed by atoms with E-state index in [0.717, 1.165) is 12.2 Å². The molecule has 0 aliphatic heterocycles. The highest BCUT2D eigenvalue weighted by Crippen LogP contribution is 2.02. The molecule has 1 heterocycles. The van der Waals surface area contributed by atoms with Crippen LogP contribution < -0.4 is 5.32 Å². The fourth-order valence-corrected chi connectivity index (χ4v) is 1.66. The molecular weight excluding hydrogens is 234 g/mol. The van der Waals surface area contributed by atoms with Crippen molar-refractivity contribution < 1.29 is 19.4 Å². The summed E-state index contributed by atoms with van der Waals surface area (Å²) in [6.45, 7) is 3.32. The summed E-state index contributed by atoms with van der Waals surface area (Å²) in [5.74, 6) is 0.752. The Morgan fingerprint density at radius 3 is 2.94 bits per heavy atom. The van der Waals surface area contributed by atoms with Gasteiger partial charge in [-0.05, 0) is 25.0 Å². The normalized spacial score (nSPS) is 14.6. The summed E-state index contributed by atoms with van der Waals surface area (Å²) in [7, 11) is 0. The van der Waals surface area contributed by atoms with Crippen molar-refractivity contribution in [3.8, 4) is 0 Å². The zero-order valence-electron chi connectivity index (χ0n) is 10.8. The van der Waals surface area contributed by atoms with Crippen molar-refractivity contribution in [2.24, 2.45) is 0 Å². The van der Waals surface area contributed by atoms with Gasteiger partial charge in [0.25, 0.3) is 0 Å². The molecule has 0 saturated heterocycles. The molecule has 0 aliphatic rings. The van der Waals surface area contributed by atoms with Crippen LogP contribution in [-0.4, -0.2) is 42.1 Å². The Bertz CT molecular complexity index is 289. The largest absolute Gasteiger partial charge is 0.467 e. The lowest BCUT2D eigenvalue weighted by Gasteiger charge is -2.18. The zero-order chi connectivity index (χ0) is 13.2. The van der Waals surface area contributed by atoms with Gasteiger partial charge in [0.1, 0.15) is 12.4 Å². The van der Waals surface area contributed by atoms with Gasteiger partial charge in [0, 0.05) is 19.2 Å². The molecule has 0 aliphatic carbocycles. The third-order valence-corrected chi connectivity index (χ3v) is 2.75. The lowest BCUT2D eigenvalue weighted by atomic mass is 10.1. The molecule has 1 aromatic heterocycles. The van der Waals surface area contributed by atoms with Crippen LogP contribution in [0.4, 0.5) is 0 Å². The topological polar surface area (TPSA) is 74.9 Å². The van der Waals surface area contributed by atoms with E-state index in [2.05, 4.69) is 5.32 Å². The molecule has 2 unspecified atom stereocenters. The number of aliphatic hydroxyl groups is 2. The smallest absolute Gasteiger partial charge is 0.129 e. The van der Waals surface area contributed by atoms with Crippen LogP contribution in [0.15, 0.2) is 22.8 Å². The van der Waals surface area contributed by atoms with E-state index < -0.39 is 6.10 Å². The molecule has 0 saturated carbocycles. The van der Waals surface area contributed by atoms with E-state index in [-0.39, 0.29) is 19.3 Å². The molecule has 0 fully saturated rings. The highest BCUT2D eigenvalue weighted by Gasteiger charge is 2.09. The Kier molecular flexibility index (Phi) is 7.68. The molecule has 2 atom stereocenters. The van der Waals surface area contributed by atoms with Crippen LogP contribution in [0, 0.1) is 0 Å². The lowest BCUT2D eigenvalue weighted by molar-refractivity contribution is 0.0211. The average molecular weight is 257 g/mol. The lowest BCUT2D eigenvalue weighted by Crippen LogP contribution is -2.37. The maximum atomic E-state index is 9.71. The van der Waals surface area contributed by atoms with Crippen LogP contribution in [0.25, 0.3) is 0 Å². The molecule has 5 nitrogen and oxygen atoms in total. The molecule has 1 rings (SSSR count). The number of aliphatic hydroxyl groups excluding tert-OH is 2.